The minimum Gasteiger partial charge on any atom is -0.481 e. The van der Waals surface area contributed by atoms with Crippen LogP contribution in [0.2, 0.25) is 5.02 Å². The lowest BCUT2D eigenvalue weighted by molar-refractivity contribution is -0.126. The Labute approximate surface area is 129 Å². The number of ether oxygens (including phenoxy) is 1. The van der Waals surface area contributed by atoms with Gasteiger partial charge < -0.3 is 15.8 Å². The van der Waals surface area contributed by atoms with Gasteiger partial charge in [-0.1, -0.05) is 11.6 Å². The van der Waals surface area contributed by atoms with Gasteiger partial charge in [0.05, 0.1) is 0 Å². The lowest BCUT2D eigenvalue weighted by Gasteiger charge is -2.18. The molecule has 0 heterocycles. The van der Waals surface area contributed by atoms with Crippen molar-refractivity contribution in [2.45, 2.75) is 32.9 Å². The molecule has 0 bridgehead atoms. The average molecular weight is 314 g/mol. The Balaban J connectivity index is 2.76. The maximum absolute atomic E-state index is 11.8. The van der Waals surface area contributed by atoms with Crippen LogP contribution in [-0.4, -0.2) is 24.6 Å². The van der Waals surface area contributed by atoms with Gasteiger partial charge in [-0.3, -0.25) is 10.1 Å². The lowest BCUT2D eigenvalue weighted by atomic mass is 10.1. The van der Waals surface area contributed by atoms with Gasteiger partial charge in [0.1, 0.15) is 5.75 Å². The fraction of sp³-hybridized carbons (Fsp3) is 0.429. The van der Waals surface area contributed by atoms with Gasteiger partial charge in [0.25, 0.3) is 5.91 Å². The number of carbonyl (C=O) groups is 2. The Bertz CT molecular complexity index is 520. The smallest absolute Gasteiger partial charge is 0.321 e. The first-order chi connectivity index (χ1) is 9.85. The fourth-order valence-electron chi connectivity index (χ4n) is 1.64. The Kier molecular flexibility index (Phi) is 6.45. The largest absolute Gasteiger partial charge is 0.481 e. The molecule has 0 fully saturated rings. The van der Waals surface area contributed by atoms with Crippen molar-refractivity contribution in [3.8, 4) is 5.75 Å². The molecule has 7 heteroatoms. The second-order valence-corrected chi connectivity index (χ2v) is 5.02. The van der Waals surface area contributed by atoms with Gasteiger partial charge in [-0.05, 0) is 39.0 Å². The van der Waals surface area contributed by atoms with Gasteiger partial charge in [-0.25, -0.2) is 4.79 Å². The van der Waals surface area contributed by atoms with E-state index < -0.39 is 18.0 Å². The zero-order valence-electron chi connectivity index (χ0n) is 12.3. The predicted molar refractivity (Wildman–Crippen MR) is 81.4 cm³/mol. The molecule has 3 amide bonds. The number of nitrogens with two attached hydrogens (primary N) is 1. The molecule has 0 aromatic heterocycles. The SMILES string of the molecule is CCNC(=O)NC(=O)C(C)Oc1ccc(Cl)cc1[C@@H](C)N. The van der Waals surface area contributed by atoms with Gasteiger partial charge in [0.15, 0.2) is 6.10 Å². The van der Waals surface area contributed by atoms with Gasteiger partial charge in [-0.2, -0.15) is 0 Å². The van der Waals surface area contributed by atoms with Gasteiger partial charge in [0.2, 0.25) is 0 Å². The highest BCUT2D eigenvalue weighted by Gasteiger charge is 2.19. The van der Waals surface area contributed by atoms with Crippen LogP contribution in [0.1, 0.15) is 32.4 Å². The summed E-state index contributed by atoms with van der Waals surface area (Å²) in [4.78, 5) is 23.1. The summed E-state index contributed by atoms with van der Waals surface area (Å²) in [5, 5.41) is 5.19. The maximum Gasteiger partial charge on any atom is 0.321 e. The fourth-order valence-corrected chi connectivity index (χ4v) is 1.83. The van der Waals surface area contributed by atoms with Crippen LogP contribution in [0.4, 0.5) is 4.79 Å². The Hall–Kier alpha value is -1.79. The van der Waals surface area contributed by atoms with Crippen molar-refractivity contribution < 1.29 is 14.3 Å². The second kappa shape index (κ2) is 7.85. The van der Waals surface area contributed by atoms with E-state index in [9.17, 15) is 9.59 Å². The van der Waals surface area contributed by atoms with E-state index in [4.69, 9.17) is 22.1 Å². The highest BCUT2D eigenvalue weighted by Crippen LogP contribution is 2.28. The van der Waals surface area contributed by atoms with Crippen molar-refractivity contribution >= 4 is 23.5 Å². The van der Waals surface area contributed by atoms with Crippen LogP contribution in [0.5, 0.6) is 5.75 Å². The molecule has 1 rings (SSSR count). The van der Waals surface area contributed by atoms with Crippen molar-refractivity contribution in [2.75, 3.05) is 6.54 Å². The lowest BCUT2D eigenvalue weighted by Crippen LogP contribution is -2.45. The molecule has 0 radical (unpaired) electrons. The van der Waals surface area contributed by atoms with Crippen LogP contribution in [0.15, 0.2) is 18.2 Å². The summed E-state index contributed by atoms with van der Waals surface area (Å²) in [5.41, 5.74) is 6.55. The maximum atomic E-state index is 11.8. The third-order valence-electron chi connectivity index (χ3n) is 2.71. The summed E-state index contributed by atoms with van der Waals surface area (Å²) in [7, 11) is 0. The van der Waals surface area contributed by atoms with Crippen molar-refractivity contribution in [1.29, 1.82) is 0 Å². The molecule has 1 aromatic carbocycles. The average Bonchev–Trinajstić information content (AvgIpc) is 2.40. The zero-order valence-corrected chi connectivity index (χ0v) is 13.0. The summed E-state index contributed by atoms with van der Waals surface area (Å²) in [6.07, 6.45) is -0.841. The van der Waals surface area contributed by atoms with Crippen molar-refractivity contribution in [2.24, 2.45) is 5.73 Å². The van der Waals surface area contributed by atoms with Gasteiger partial charge in [0, 0.05) is 23.2 Å². The van der Waals surface area contributed by atoms with Crippen LogP contribution in [0.3, 0.4) is 0 Å². The number of urea groups is 1. The molecule has 0 aliphatic heterocycles. The number of rotatable bonds is 5. The van der Waals surface area contributed by atoms with E-state index in [1.807, 2.05) is 0 Å². The summed E-state index contributed by atoms with van der Waals surface area (Å²) >= 11 is 5.92. The second-order valence-electron chi connectivity index (χ2n) is 4.58. The first kappa shape index (κ1) is 17.3. The van der Waals surface area contributed by atoms with Crippen LogP contribution < -0.4 is 21.1 Å². The molecular weight excluding hydrogens is 294 g/mol. The van der Waals surface area contributed by atoms with Crippen LogP contribution in [0.25, 0.3) is 0 Å². The monoisotopic (exact) mass is 313 g/mol. The molecular formula is C14H20ClN3O3. The molecule has 4 N–H and O–H groups in total. The van der Waals surface area contributed by atoms with E-state index in [-0.39, 0.29) is 6.04 Å². The van der Waals surface area contributed by atoms with Crippen molar-refractivity contribution in [3.05, 3.63) is 28.8 Å². The number of hydrogen-bond donors (Lipinski definition) is 3. The summed E-state index contributed by atoms with van der Waals surface area (Å²) in [5.74, 6) is -0.0699. The molecule has 0 aliphatic carbocycles. The third kappa shape index (κ3) is 5.24. The van der Waals surface area contributed by atoms with E-state index in [1.165, 1.54) is 0 Å². The Morgan fingerprint density at radius 2 is 2.05 bits per heavy atom. The number of amides is 3. The van der Waals surface area contributed by atoms with Crippen molar-refractivity contribution in [3.63, 3.8) is 0 Å². The summed E-state index contributed by atoms with van der Waals surface area (Å²) < 4.78 is 5.57. The van der Waals surface area contributed by atoms with E-state index in [0.717, 1.165) is 0 Å². The minimum atomic E-state index is -0.841. The molecule has 116 valence electrons. The standard InChI is InChI=1S/C14H20ClN3O3/c1-4-17-14(20)18-13(19)9(3)21-12-6-5-10(15)7-11(12)8(2)16/h5-9H,4,16H2,1-3H3,(H2,17,18,19,20)/t8-,9?/m1/s1. The van der Waals surface area contributed by atoms with Crippen LogP contribution in [0, 0.1) is 0 Å². The minimum absolute atomic E-state index is 0.294. The molecule has 0 saturated carbocycles. The molecule has 21 heavy (non-hydrogen) atoms. The van der Waals surface area contributed by atoms with E-state index >= 15 is 0 Å². The van der Waals surface area contributed by atoms with E-state index in [0.29, 0.717) is 22.9 Å². The van der Waals surface area contributed by atoms with E-state index in [2.05, 4.69) is 10.6 Å². The number of hydrogen-bond acceptors (Lipinski definition) is 4. The number of nitrogens with one attached hydrogen (secondary N) is 2. The Morgan fingerprint density at radius 3 is 2.62 bits per heavy atom. The molecule has 1 unspecified atom stereocenters. The molecule has 0 spiro atoms. The first-order valence-electron chi connectivity index (χ1n) is 6.65. The molecule has 2 atom stereocenters. The normalized spacial score (nSPS) is 13.2. The van der Waals surface area contributed by atoms with Gasteiger partial charge >= 0.3 is 6.03 Å². The zero-order chi connectivity index (χ0) is 16.0. The molecule has 0 saturated heterocycles. The Morgan fingerprint density at radius 1 is 1.38 bits per heavy atom. The first-order valence-corrected chi connectivity index (χ1v) is 7.03. The molecule has 6 nitrogen and oxygen atoms in total. The summed E-state index contributed by atoms with van der Waals surface area (Å²) in [6.45, 7) is 5.53. The van der Waals surface area contributed by atoms with Crippen LogP contribution in [-0.2, 0) is 4.79 Å². The van der Waals surface area contributed by atoms with Crippen molar-refractivity contribution in [1.82, 2.24) is 10.6 Å². The summed E-state index contributed by atoms with van der Waals surface area (Å²) in [6, 6.07) is 4.14. The molecule has 0 aliphatic rings. The predicted octanol–water partition coefficient (Wildman–Crippen LogP) is 1.97. The van der Waals surface area contributed by atoms with Crippen LogP contribution >= 0.6 is 11.6 Å². The number of carbonyl (C=O) groups excluding carboxylic acids is 2. The highest BCUT2D eigenvalue weighted by molar-refractivity contribution is 6.30. The van der Waals surface area contributed by atoms with Gasteiger partial charge in [-0.15, -0.1) is 0 Å². The molecule has 1 aromatic rings. The third-order valence-corrected chi connectivity index (χ3v) is 2.94. The number of halogens is 1. The van der Waals surface area contributed by atoms with E-state index in [1.54, 1.807) is 39.0 Å². The highest BCUT2D eigenvalue weighted by atomic mass is 35.5. The topological polar surface area (TPSA) is 93.5 Å². The number of benzene rings is 1. The quantitative estimate of drug-likeness (QED) is 0.774. The number of imide groups is 1.